The van der Waals surface area contributed by atoms with Gasteiger partial charge in [0.25, 0.3) is 0 Å². The van der Waals surface area contributed by atoms with Crippen molar-refractivity contribution >= 4 is 29.1 Å². The summed E-state index contributed by atoms with van der Waals surface area (Å²) in [4.78, 5) is 14.2. The minimum atomic E-state index is 0.111. The third-order valence-corrected chi connectivity index (χ3v) is 4.14. The Labute approximate surface area is 135 Å². The molecule has 1 saturated carbocycles. The second kappa shape index (κ2) is 7.99. The van der Waals surface area contributed by atoms with Gasteiger partial charge in [0.05, 0.1) is 23.2 Å². The van der Waals surface area contributed by atoms with Gasteiger partial charge in [-0.2, -0.15) is 0 Å². The van der Waals surface area contributed by atoms with Crippen molar-refractivity contribution in [2.75, 3.05) is 26.8 Å². The highest BCUT2D eigenvalue weighted by Crippen LogP contribution is 2.30. The van der Waals surface area contributed by atoms with Crippen molar-refractivity contribution in [3.8, 4) is 0 Å². The van der Waals surface area contributed by atoms with Gasteiger partial charge >= 0.3 is 0 Å². The summed E-state index contributed by atoms with van der Waals surface area (Å²) in [5, 5.41) is 4.15. The highest BCUT2D eigenvalue weighted by Gasteiger charge is 2.32. The van der Waals surface area contributed by atoms with Gasteiger partial charge in [-0.05, 0) is 30.5 Å². The molecule has 116 valence electrons. The van der Waals surface area contributed by atoms with Crippen LogP contribution in [-0.4, -0.2) is 43.7 Å². The van der Waals surface area contributed by atoms with Crippen LogP contribution in [0.15, 0.2) is 18.2 Å². The first-order valence-corrected chi connectivity index (χ1v) is 7.80. The van der Waals surface area contributed by atoms with Crippen molar-refractivity contribution in [2.24, 2.45) is 0 Å². The van der Waals surface area contributed by atoms with E-state index in [0.717, 1.165) is 18.4 Å². The lowest BCUT2D eigenvalue weighted by atomic mass is 10.2. The number of hydrogen-bond acceptors (Lipinski definition) is 3. The molecule has 1 N–H and O–H groups in total. The monoisotopic (exact) mass is 330 g/mol. The molecule has 0 saturated heterocycles. The normalized spacial score (nSPS) is 14.2. The number of hydrogen-bond donors (Lipinski definition) is 1. The fraction of sp³-hybridized carbons (Fsp3) is 0.533. The van der Waals surface area contributed by atoms with Gasteiger partial charge in [-0.15, -0.1) is 0 Å². The Morgan fingerprint density at radius 1 is 1.38 bits per heavy atom. The van der Waals surface area contributed by atoms with Crippen LogP contribution in [0.25, 0.3) is 0 Å². The van der Waals surface area contributed by atoms with E-state index >= 15 is 0 Å². The molecule has 21 heavy (non-hydrogen) atoms. The molecule has 1 aliphatic rings. The number of carbonyl (C=O) groups is 1. The number of ether oxygens (including phenoxy) is 1. The lowest BCUT2D eigenvalue weighted by Crippen LogP contribution is -2.40. The first-order valence-electron chi connectivity index (χ1n) is 7.05. The second-order valence-electron chi connectivity index (χ2n) is 5.17. The van der Waals surface area contributed by atoms with Gasteiger partial charge in [-0.3, -0.25) is 4.79 Å². The molecule has 0 spiro atoms. The molecule has 1 amide bonds. The van der Waals surface area contributed by atoms with Crippen molar-refractivity contribution < 1.29 is 9.53 Å². The first-order chi connectivity index (χ1) is 10.1. The van der Waals surface area contributed by atoms with Crippen molar-refractivity contribution in [3.63, 3.8) is 0 Å². The van der Waals surface area contributed by atoms with Crippen LogP contribution in [0.3, 0.4) is 0 Å². The molecule has 0 unspecified atom stereocenters. The SMILES string of the molecule is COCCNCC(=O)N(Cc1ccc(Cl)c(Cl)c1)C1CC1. The Balaban J connectivity index is 1.92. The predicted octanol–water partition coefficient (Wildman–Crippen LogP) is 2.72. The zero-order valence-electron chi connectivity index (χ0n) is 12.1. The molecule has 0 aliphatic heterocycles. The standard InChI is InChI=1S/C15H20Cl2N2O2/c1-21-7-6-18-9-15(20)19(12-3-4-12)10-11-2-5-13(16)14(17)8-11/h2,5,8,12,18H,3-4,6-7,9-10H2,1H3. The van der Waals surface area contributed by atoms with Crippen molar-refractivity contribution in [2.45, 2.75) is 25.4 Å². The van der Waals surface area contributed by atoms with E-state index in [4.69, 9.17) is 27.9 Å². The number of nitrogens with zero attached hydrogens (tertiary/aromatic N) is 1. The van der Waals surface area contributed by atoms with E-state index < -0.39 is 0 Å². The molecule has 4 nitrogen and oxygen atoms in total. The molecule has 0 heterocycles. The maximum absolute atomic E-state index is 12.3. The van der Waals surface area contributed by atoms with E-state index in [1.165, 1.54) is 0 Å². The van der Waals surface area contributed by atoms with Crippen molar-refractivity contribution in [3.05, 3.63) is 33.8 Å². The molecule has 0 bridgehead atoms. The molecule has 0 radical (unpaired) electrons. The molecule has 1 fully saturated rings. The van der Waals surface area contributed by atoms with E-state index in [1.807, 2.05) is 17.0 Å². The summed E-state index contributed by atoms with van der Waals surface area (Å²) in [6, 6.07) is 5.86. The lowest BCUT2D eigenvalue weighted by molar-refractivity contribution is -0.131. The number of rotatable bonds is 8. The minimum Gasteiger partial charge on any atom is -0.383 e. The molecule has 2 rings (SSSR count). The topological polar surface area (TPSA) is 41.6 Å². The van der Waals surface area contributed by atoms with Crippen LogP contribution in [0.2, 0.25) is 10.0 Å². The van der Waals surface area contributed by atoms with Gasteiger partial charge in [0, 0.05) is 26.2 Å². The maximum atomic E-state index is 12.3. The Bertz CT molecular complexity index is 493. The van der Waals surface area contributed by atoms with E-state index in [0.29, 0.717) is 42.3 Å². The van der Waals surface area contributed by atoms with Gasteiger partial charge in [0.2, 0.25) is 5.91 Å². The van der Waals surface area contributed by atoms with Gasteiger partial charge in [-0.1, -0.05) is 29.3 Å². The van der Waals surface area contributed by atoms with Crippen LogP contribution >= 0.6 is 23.2 Å². The summed E-state index contributed by atoms with van der Waals surface area (Å²) in [7, 11) is 1.64. The third-order valence-electron chi connectivity index (χ3n) is 3.40. The number of benzene rings is 1. The number of methoxy groups -OCH3 is 1. The fourth-order valence-corrected chi connectivity index (χ4v) is 2.43. The van der Waals surface area contributed by atoms with Crippen LogP contribution in [0.1, 0.15) is 18.4 Å². The summed E-state index contributed by atoms with van der Waals surface area (Å²) < 4.78 is 4.95. The lowest BCUT2D eigenvalue weighted by Gasteiger charge is -2.23. The second-order valence-corrected chi connectivity index (χ2v) is 5.99. The predicted molar refractivity (Wildman–Crippen MR) is 84.8 cm³/mol. The van der Waals surface area contributed by atoms with E-state index in [-0.39, 0.29) is 5.91 Å². The third kappa shape index (κ3) is 5.15. The van der Waals surface area contributed by atoms with E-state index in [1.54, 1.807) is 13.2 Å². The Hall–Kier alpha value is -0.810. The van der Waals surface area contributed by atoms with E-state index in [9.17, 15) is 4.79 Å². The van der Waals surface area contributed by atoms with Crippen molar-refractivity contribution in [1.29, 1.82) is 0 Å². The summed E-state index contributed by atoms with van der Waals surface area (Å²) in [6.07, 6.45) is 2.15. The zero-order chi connectivity index (χ0) is 15.2. The molecule has 6 heteroatoms. The molecule has 1 aromatic carbocycles. The number of halogens is 2. The molecule has 0 atom stereocenters. The van der Waals surface area contributed by atoms with E-state index in [2.05, 4.69) is 5.32 Å². The van der Waals surface area contributed by atoms with Gasteiger partial charge < -0.3 is 15.0 Å². The highest BCUT2D eigenvalue weighted by molar-refractivity contribution is 6.42. The van der Waals surface area contributed by atoms with Crippen LogP contribution < -0.4 is 5.32 Å². The summed E-state index contributed by atoms with van der Waals surface area (Å²) in [5.41, 5.74) is 1.00. The van der Waals surface area contributed by atoms with Crippen LogP contribution in [-0.2, 0) is 16.1 Å². The average molecular weight is 331 g/mol. The molecule has 1 aromatic rings. The first kappa shape index (κ1) is 16.6. The quantitative estimate of drug-likeness (QED) is 0.745. The number of carbonyl (C=O) groups excluding carboxylic acids is 1. The van der Waals surface area contributed by atoms with Crippen LogP contribution in [0, 0.1) is 0 Å². The Morgan fingerprint density at radius 2 is 2.14 bits per heavy atom. The van der Waals surface area contributed by atoms with Crippen LogP contribution in [0.5, 0.6) is 0 Å². The Morgan fingerprint density at radius 3 is 2.76 bits per heavy atom. The average Bonchev–Trinajstić information content (AvgIpc) is 3.29. The Kier molecular flexibility index (Phi) is 6.30. The number of amides is 1. The summed E-state index contributed by atoms with van der Waals surface area (Å²) >= 11 is 11.9. The molecule has 1 aliphatic carbocycles. The largest absolute Gasteiger partial charge is 0.383 e. The zero-order valence-corrected chi connectivity index (χ0v) is 13.6. The van der Waals surface area contributed by atoms with Gasteiger partial charge in [-0.25, -0.2) is 0 Å². The number of nitrogens with one attached hydrogen (secondary N) is 1. The van der Waals surface area contributed by atoms with Crippen LogP contribution in [0.4, 0.5) is 0 Å². The van der Waals surface area contributed by atoms with Gasteiger partial charge in [0.15, 0.2) is 0 Å². The fourth-order valence-electron chi connectivity index (χ4n) is 2.11. The van der Waals surface area contributed by atoms with Crippen molar-refractivity contribution in [1.82, 2.24) is 10.2 Å². The summed E-state index contributed by atoms with van der Waals surface area (Å²) in [6.45, 7) is 2.19. The molecular formula is C15H20Cl2N2O2. The minimum absolute atomic E-state index is 0.111. The maximum Gasteiger partial charge on any atom is 0.237 e. The smallest absolute Gasteiger partial charge is 0.237 e. The summed E-state index contributed by atoms with van der Waals surface area (Å²) in [5.74, 6) is 0.111. The highest BCUT2D eigenvalue weighted by atomic mass is 35.5. The molecular weight excluding hydrogens is 311 g/mol. The van der Waals surface area contributed by atoms with Gasteiger partial charge in [0.1, 0.15) is 0 Å². The molecule has 0 aromatic heterocycles.